The van der Waals surface area contributed by atoms with E-state index in [4.69, 9.17) is 0 Å². The van der Waals surface area contributed by atoms with E-state index in [9.17, 15) is 14.4 Å². The molecule has 1 aromatic carbocycles. The Kier molecular flexibility index (Phi) is 4.56. The van der Waals surface area contributed by atoms with Crippen molar-refractivity contribution in [1.29, 1.82) is 0 Å². The maximum atomic E-state index is 12.3. The summed E-state index contributed by atoms with van der Waals surface area (Å²) in [6.45, 7) is 0.531. The van der Waals surface area contributed by atoms with Crippen molar-refractivity contribution in [2.45, 2.75) is 6.42 Å². The van der Waals surface area contributed by atoms with Crippen LogP contribution in [-0.4, -0.2) is 51.0 Å². The number of carbonyl (C=O) groups excluding carboxylic acids is 3. The molecular weight excluding hydrogens is 380 g/mol. The van der Waals surface area contributed by atoms with E-state index in [0.717, 1.165) is 4.47 Å². The van der Waals surface area contributed by atoms with Crippen molar-refractivity contribution in [1.82, 2.24) is 25.4 Å². The predicted molar refractivity (Wildman–Crippen MR) is 87.5 cm³/mol. The lowest BCUT2D eigenvalue weighted by Gasteiger charge is -2.13. The number of benzene rings is 1. The number of hydrogen-bond donors (Lipinski definition) is 3. The number of rotatable bonds is 5. The van der Waals surface area contributed by atoms with Gasteiger partial charge in [-0.2, -0.15) is 10.1 Å². The van der Waals surface area contributed by atoms with Crippen LogP contribution in [0, 0.1) is 0 Å². The Morgan fingerprint density at radius 1 is 1.25 bits per heavy atom. The molecule has 24 heavy (non-hydrogen) atoms. The fourth-order valence-electron chi connectivity index (χ4n) is 2.32. The summed E-state index contributed by atoms with van der Waals surface area (Å²) in [4.78, 5) is 41.0. The monoisotopic (exact) mass is 392 g/mol. The molecule has 4 amide bonds. The number of urea groups is 1. The van der Waals surface area contributed by atoms with Crippen molar-refractivity contribution in [3.8, 4) is 0 Å². The van der Waals surface area contributed by atoms with E-state index in [-0.39, 0.29) is 24.3 Å². The van der Waals surface area contributed by atoms with Gasteiger partial charge in [-0.3, -0.25) is 19.8 Å². The topological polar surface area (TPSA) is 120 Å². The molecule has 0 bridgehead atoms. The third-order valence-corrected chi connectivity index (χ3v) is 3.92. The van der Waals surface area contributed by atoms with Crippen LogP contribution in [0.25, 0.3) is 0 Å². The van der Waals surface area contributed by atoms with Gasteiger partial charge in [-0.1, -0.05) is 15.9 Å². The van der Waals surface area contributed by atoms with Crippen LogP contribution < -0.4 is 10.6 Å². The molecule has 3 rings (SSSR count). The third kappa shape index (κ3) is 3.27. The van der Waals surface area contributed by atoms with Crippen LogP contribution in [0.5, 0.6) is 0 Å². The summed E-state index contributed by atoms with van der Waals surface area (Å²) in [6, 6.07) is 4.54. The second kappa shape index (κ2) is 6.79. The molecule has 0 atom stereocenters. The maximum absolute atomic E-state index is 12.3. The molecule has 10 heteroatoms. The average Bonchev–Trinajstić information content (AvgIpc) is 3.13. The molecule has 2 heterocycles. The molecule has 124 valence electrons. The van der Waals surface area contributed by atoms with Crippen LogP contribution in [0.3, 0.4) is 0 Å². The number of amides is 4. The largest absolute Gasteiger partial charge is 0.338 e. The Morgan fingerprint density at radius 2 is 2.04 bits per heavy atom. The summed E-state index contributed by atoms with van der Waals surface area (Å²) >= 11 is 3.29. The first kappa shape index (κ1) is 16.1. The van der Waals surface area contributed by atoms with Crippen molar-refractivity contribution < 1.29 is 14.4 Å². The summed E-state index contributed by atoms with van der Waals surface area (Å²) < 4.78 is 0.745. The predicted octanol–water partition coefficient (Wildman–Crippen LogP) is 1.38. The molecule has 0 unspecified atom stereocenters. The second-order valence-corrected chi connectivity index (χ2v) is 5.94. The lowest BCUT2D eigenvalue weighted by molar-refractivity contribution is 0.0653. The highest BCUT2D eigenvalue weighted by atomic mass is 79.9. The van der Waals surface area contributed by atoms with Crippen LogP contribution in [0.4, 0.5) is 10.7 Å². The number of nitrogens with one attached hydrogen (secondary N) is 3. The fourth-order valence-corrected chi connectivity index (χ4v) is 2.68. The van der Waals surface area contributed by atoms with Crippen molar-refractivity contribution in [3.63, 3.8) is 0 Å². The van der Waals surface area contributed by atoms with Crippen LogP contribution >= 0.6 is 15.9 Å². The van der Waals surface area contributed by atoms with Crippen molar-refractivity contribution in [3.05, 3.63) is 40.1 Å². The van der Waals surface area contributed by atoms with Gasteiger partial charge < -0.3 is 5.32 Å². The van der Waals surface area contributed by atoms with Crippen LogP contribution in [0.2, 0.25) is 0 Å². The van der Waals surface area contributed by atoms with E-state index in [1.165, 1.54) is 11.2 Å². The number of nitrogens with zero attached hydrogens (tertiary/aromatic N) is 3. The van der Waals surface area contributed by atoms with Gasteiger partial charge in [-0.15, -0.1) is 0 Å². The standard InChI is InChI=1S/C14H13BrN6O3/c15-8-2-3-9-10(6-8)12(23)21(11(9)22)5-1-4-16-14(24)19-13-17-7-18-20-13/h2-3,6-7H,1,4-5H2,(H3,16,17,18,19,20,24). The summed E-state index contributed by atoms with van der Waals surface area (Å²) in [5, 5.41) is 11.2. The summed E-state index contributed by atoms with van der Waals surface area (Å²) in [5.41, 5.74) is 0.796. The summed E-state index contributed by atoms with van der Waals surface area (Å²) in [7, 11) is 0. The van der Waals surface area contributed by atoms with E-state index < -0.39 is 6.03 Å². The molecule has 0 fully saturated rings. The Hall–Kier alpha value is -2.75. The average molecular weight is 393 g/mol. The van der Waals surface area contributed by atoms with E-state index in [1.54, 1.807) is 18.2 Å². The Bertz CT molecular complexity index is 792. The molecule has 2 aromatic rings. The first-order valence-electron chi connectivity index (χ1n) is 7.12. The van der Waals surface area contributed by atoms with Gasteiger partial charge in [0.15, 0.2) is 0 Å². The summed E-state index contributed by atoms with van der Waals surface area (Å²) in [5.74, 6) is -0.394. The molecule has 0 radical (unpaired) electrons. The van der Waals surface area contributed by atoms with E-state index in [2.05, 4.69) is 41.7 Å². The lowest BCUT2D eigenvalue weighted by Crippen LogP contribution is -2.35. The van der Waals surface area contributed by atoms with Crippen LogP contribution in [-0.2, 0) is 0 Å². The number of aromatic amines is 1. The molecule has 1 aliphatic heterocycles. The molecule has 0 spiro atoms. The molecule has 0 saturated heterocycles. The zero-order valence-corrected chi connectivity index (χ0v) is 14.0. The van der Waals surface area contributed by atoms with Crippen molar-refractivity contribution >= 4 is 39.7 Å². The lowest BCUT2D eigenvalue weighted by atomic mass is 10.1. The van der Waals surface area contributed by atoms with Gasteiger partial charge in [0.25, 0.3) is 11.8 Å². The maximum Gasteiger partial charge on any atom is 0.321 e. The van der Waals surface area contributed by atoms with Gasteiger partial charge in [0, 0.05) is 17.6 Å². The minimum atomic E-state index is -0.446. The number of halogens is 1. The number of aromatic nitrogens is 3. The first-order valence-corrected chi connectivity index (χ1v) is 7.91. The van der Waals surface area contributed by atoms with Gasteiger partial charge in [0.1, 0.15) is 6.33 Å². The van der Waals surface area contributed by atoms with Crippen molar-refractivity contribution in [2.24, 2.45) is 0 Å². The number of hydrogen-bond acceptors (Lipinski definition) is 5. The van der Waals surface area contributed by atoms with Gasteiger partial charge >= 0.3 is 6.03 Å². The Labute approximate surface area is 145 Å². The zero-order chi connectivity index (χ0) is 17.1. The number of carbonyl (C=O) groups is 3. The Balaban J connectivity index is 1.48. The number of fused-ring (bicyclic) bond motifs is 1. The SMILES string of the molecule is O=C(NCCCN1C(=O)c2ccc(Br)cc2C1=O)Nc1ncn[nH]1. The minimum Gasteiger partial charge on any atom is -0.338 e. The molecule has 3 N–H and O–H groups in total. The molecule has 0 aliphatic carbocycles. The van der Waals surface area contributed by atoms with Crippen LogP contribution in [0.1, 0.15) is 27.1 Å². The smallest absolute Gasteiger partial charge is 0.321 e. The second-order valence-electron chi connectivity index (χ2n) is 5.02. The van der Waals surface area contributed by atoms with Crippen LogP contribution in [0.15, 0.2) is 29.0 Å². The molecule has 1 aliphatic rings. The number of H-pyrrole nitrogens is 1. The highest BCUT2D eigenvalue weighted by Gasteiger charge is 2.34. The van der Waals surface area contributed by atoms with Crippen molar-refractivity contribution in [2.75, 3.05) is 18.4 Å². The minimum absolute atomic E-state index is 0.229. The first-order chi connectivity index (χ1) is 11.6. The third-order valence-electron chi connectivity index (χ3n) is 3.42. The quantitative estimate of drug-likeness (QED) is 0.524. The Morgan fingerprint density at radius 3 is 2.79 bits per heavy atom. The highest BCUT2D eigenvalue weighted by Crippen LogP contribution is 2.25. The van der Waals surface area contributed by atoms with E-state index in [1.807, 2.05) is 0 Å². The highest BCUT2D eigenvalue weighted by molar-refractivity contribution is 9.10. The van der Waals surface area contributed by atoms with Gasteiger partial charge in [0.2, 0.25) is 5.95 Å². The molecular formula is C14H13BrN6O3. The van der Waals surface area contributed by atoms with Gasteiger partial charge in [-0.25, -0.2) is 9.89 Å². The van der Waals surface area contributed by atoms with E-state index in [0.29, 0.717) is 24.1 Å². The fraction of sp³-hybridized carbons (Fsp3) is 0.214. The van der Waals surface area contributed by atoms with Gasteiger partial charge in [-0.05, 0) is 24.6 Å². The normalized spacial score (nSPS) is 13.1. The molecule has 9 nitrogen and oxygen atoms in total. The molecule has 0 saturated carbocycles. The van der Waals surface area contributed by atoms with E-state index >= 15 is 0 Å². The summed E-state index contributed by atoms with van der Waals surface area (Å²) in [6.07, 6.45) is 1.71. The molecule has 1 aromatic heterocycles. The zero-order valence-electron chi connectivity index (χ0n) is 12.4. The number of imide groups is 1. The van der Waals surface area contributed by atoms with Gasteiger partial charge in [0.05, 0.1) is 11.1 Å². The number of anilines is 1.